The van der Waals surface area contributed by atoms with Crippen molar-refractivity contribution in [2.24, 2.45) is 0 Å². The first-order valence-corrected chi connectivity index (χ1v) is 6.75. The van der Waals surface area contributed by atoms with E-state index in [9.17, 15) is 33.4 Å². The lowest BCUT2D eigenvalue weighted by Gasteiger charge is -2.15. The predicted molar refractivity (Wildman–Crippen MR) is 80.1 cm³/mol. The molecule has 1 N–H and O–H groups in total. The summed E-state index contributed by atoms with van der Waals surface area (Å²) in [5, 5.41) is 23.1. The van der Waals surface area contributed by atoms with Crippen molar-refractivity contribution in [3.8, 4) is 0 Å². The van der Waals surface area contributed by atoms with Gasteiger partial charge in [0.05, 0.1) is 21.5 Å². The Morgan fingerprint density at radius 1 is 1.00 bits per heavy atom. The molecule has 0 saturated heterocycles. The lowest BCUT2D eigenvalue weighted by molar-refractivity contribution is -0.394. The van der Waals surface area contributed by atoms with Crippen LogP contribution in [0.1, 0.15) is 5.56 Å². The van der Waals surface area contributed by atoms with Crippen molar-refractivity contribution in [1.29, 1.82) is 0 Å². The molecule has 0 bridgehead atoms. The third-order valence-electron chi connectivity index (χ3n) is 2.82. The standard InChI is InChI=1S/C11H4Cl2F3N5O4/c12-9-8(10(13)18-3-17-9)19-7-5(11(14,15)16)1-4(20(22)23)2-6(7)21(24)25/h1-3,19H. The van der Waals surface area contributed by atoms with Gasteiger partial charge in [0.1, 0.15) is 17.7 Å². The summed E-state index contributed by atoms with van der Waals surface area (Å²) in [7, 11) is 0. The Morgan fingerprint density at radius 3 is 2.00 bits per heavy atom. The van der Waals surface area contributed by atoms with Crippen LogP contribution in [0.15, 0.2) is 18.5 Å². The van der Waals surface area contributed by atoms with Gasteiger partial charge < -0.3 is 5.32 Å². The largest absolute Gasteiger partial charge is 0.418 e. The molecule has 0 aliphatic carbocycles. The molecule has 1 aromatic heterocycles. The first kappa shape index (κ1) is 18.6. The molecule has 2 aromatic rings. The van der Waals surface area contributed by atoms with Crippen molar-refractivity contribution in [3.63, 3.8) is 0 Å². The van der Waals surface area contributed by atoms with Crippen LogP contribution in [-0.4, -0.2) is 19.8 Å². The number of nitrogens with one attached hydrogen (secondary N) is 1. The second-order valence-corrected chi connectivity index (χ2v) is 5.07. The van der Waals surface area contributed by atoms with Gasteiger partial charge in [0.15, 0.2) is 10.3 Å². The van der Waals surface area contributed by atoms with Crippen LogP contribution >= 0.6 is 23.2 Å². The first-order valence-electron chi connectivity index (χ1n) is 5.99. The van der Waals surface area contributed by atoms with E-state index >= 15 is 0 Å². The van der Waals surface area contributed by atoms with Gasteiger partial charge in [-0.2, -0.15) is 13.2 Å². The van der Waals surface area contributed by atoms with E-state index in [-0.39, 0.29) is 6.07 Å². The summed E-state index contributed by atoms with van der Waals surface area (Å²) in [5.41, 5.74) is -5.46. The van der Waals surface area contributed by atoms with Crippen LogP contribution in [-0.2, 0) is 6.18 Å². The smallest absolute Gasteiger partial charge is 0.344 e. The number of hydrogen-bond donors (Lipinski definition) is 1. The molecule has 0 spiro atoms. The number of rotatable bonds is 4. The Labute approximate surface area is 145 Å². The van der Waals surface area contributed by atoms with Crippen LogP contribution in [0.4, 0.5) is 35.9 Å². The predicted octanol–water partition coefficient (Wildman–Crippen LogP) is 4.36. The first-order chi connectivity index (χ1) is 11.5. The highest BCUT2D eigenvalue weighted by molar-refractivity contribution is 6.37. The number of hydrogen-bond acceptors (Lipinski definition) is 7. The lowest BCUT2D eigenvalue weighted by Crippen LogP contribution is -2.12. The Hall–Kier alpha value is -2.73. The van der Waals surface area contributed by atoms with Crippen LogP contribution in [0.3, 0.4) is 0 Å². The minimum atomic E-state index is -5.15. The van der Waals surface area contributed by atoms with E-state index in [1.165, 1.54) is 0 Å². The van der Waals surface area contributed by atoms with Gasteiger partial charge in [-0.3, -0.25) is 20.2 Å². The van der Waals surface area contributed by atoms with E-state index in [1.54, 1.807) is 0 Å². The summed E-state index contributed by atoms with van der Waals surface area (Å²) in [6.07, 6.45) is -4.22. The molecule has 0 radical (unpaired) electrons. The highest BCUT2D eigenvalue weighted by Gasteiger charge is 2.40. The van der Waals surface area contributed by atoms with Crippen molar-refractivity contribution >= 4 is 46.0 Å². The normalized spacial score (nSPS) is 11.2. The number of aromatic nitrogens is 2. The van der Waals surface area contributed by atoms with Gasteiger partial charge in [0, 0.05) is 6.07 Å². The summed E-state index contributed by atoms with van der Waals surface area (Å²) in [6, 6.07) is 0.532. The second kappa shape index (κ2) is 6.64. The maximum absolute atomic E-state index is 13.3. The summed E-state index contributed by atoms with van der Waals surface area (Å²) in [5.74, 6) is 0. The zero-order chi connectivity index (χ0) is 18.9. The molecule has 1 heterocycles. The van der Waals surface area contributed by atoms with Crippen molar-refractivity contribution in [2.75, 3.05) is 5.32 Å². The summed E-state index contributed by atoms with van der Waals surface area (Å²) < 4.78 is 39.8. The van der Waals surface area contributed by atoms with E-state index in [2.05, 4.69) is 15.3 Å². The van der Waals surface area contributed by atoms with Crippen LogP contribution in [0.25, 0.3) is 0 Å². The molecule has 14 heteroatoms. The number of nitro benzene ring substituents is 2. The van der Waals surface area contributed by atoms with Gasteiger partial charge in [-0.15, -0.1) is 0 Å². The number of nitrogens with zero attached hydrogens (tertiary/aromatic N) is 4. The van der Waals surface area contributed by atoms with Crippen molar-refractivity contribution in [3.05, 3.63) is 54.6 Å². The number of non-ortho nitro benzene ring substituents is 1. The maximum Gasteiger partial charge on any atom is 0.418 e. The SMILES string of the molecule is O=[N+]([O-])c1cc([N+](=O)[O-])c(Nc2c(Cl)ncnc2Cl)c(C(F)(F)F)c1. The third kappa shape index (κ3) is 3.85. The van der Waals surface area contributed by atoms with Crippen molar-refractivity contribution in [1.82, 2.24) is 9.97 Å². The van der Waals surface area contributed by atoms with Crippen molar-refractivity contribution < 1.29 is 23.0 Å². The molecular weight excluding hydrogens is 394 g/mol. The number of anilines is 2. The van der Waals surface area contributed by atoms with E-state index in [0.717, 1.165) is 6.33 Å². The third-order valence-corrected chi connectivity index (χ3v) is 3.39. The molecule has 0 aliphatic heterocycles. The summed E-state index contributed by atoms with van der Waals surface area (Å²) >= 11 is 11.4. The molecule has 132 valence electrons. The minimum absolute atomic E-state index is 0.154. The second-order valence-electron chi connectivity index (χ2n) is 4.35. The molecule has 0 amide bonds. The molecule has 0 unspecified atom stereocenters. The van der Waals surface area contributed by atoms with Crippen LogP contribution < -0.4 is 5.32 Å². The van der Waals surface area contributed by atoms with Crippen LogP contribution in [0.2, 0.25) is 10.3 Å². The quantitative estimate of drug-likeness (QED) is 0.461. The molecule has 0 aliphatic rings. The van der Waals surface area contributed by atoms with E-state index < -0.39 is 54.6 Å². The van der Waals surface area contributed by atoms with Gasteiger partial charge in [0.2, 0.25) is 0 Å². The van der Waals surface area contributed by atoms with Gasteiger partial charge >= 0.3 is 6.18 Å². The van der Waals surface area contributed by atoms with Crippen molar-refractivity contribution in [2.45, 2.75) is 6.18 Å². The zero-order valence-corrected chi connectivity index (χ0v) is 13.1. The molecule has 0 atom stereocenters. The van der Waals surface area contributed by atoms with Gasteiger partial charge in [0.25, 0.3) is 11.4 Å². The molecule has 25 heavy (non-hydrogen) atoms. The topological polar surface area (TPSA) is 124 Å². The number of benzene rings is 1. The molecule has 2 rings (SSSR count). The monoisotopic (exact) mass is 397 g/mol. The Bertz CT molecular complexity index is 857. The van der Waals surface area contributed by atoms with Gasteiger partial charge in [-0.25, -0.2) is 9.97 Å². The number of halogens is 5. The minimum Gasteiger partial charge on any atom is -0.344 e. The number of alkyl halides is 3. The molecule has 9 nitrogen and oxygen atoms in total. The van der Waals surface area contributed by atoms with Gasteiger partial charge in [-0.05, 0) is 0 Å². The Kier molecular flexibility index (Phi) is 4.94. The summed E-state index contributed by atoms with van der Waals surface area (Å²) in [6.45, 7) is 0. The zero-order valence-electron chi connectivity index (χ0n) is 11.5. The summed E-state index contributed by atoms with van der Waals surface area (Å²) in [4.78, 5) is 26.5. The fraction of sp³-hybridized carbons (Fsp3) is 0.0909. The molecule has 1 aromatic carbocycles. The van der Waals surface area contributed by atoms with Crippen LogP contribution in [0, 0.1) is 20.2 Å². The Balaban J connectivity index is 2.78. The lowest BCUT2D eigenvalue weighted by atomic mass is 10.1. The van der Waals surface area contributed by atoms with Gasteiger partial charge in [-0.1, -0.05) is 23.2 Å². The fourth-order valence-corrected chi connectivity index (χ4v) is 2.20. The maximum atomic E-state index is 13.3. The fourth-order valence-electron chi connectivity index (χ4n) is 1.79. The van der Waals surface area contributed by atoms with E-state index in [1.807, 2.05) is 0 Å². The highest BCUT2D eigenvalue weighted by atomic mass is 35.5. The average molecular weight is 398 g/mol. The number of nitro groups is 2. The highest BCUT2D eigenvalue weighted by Crippen LogP contribution is 2.44. The van der Waals surface area contributed by atoms with E-state index in [4.69, 9.17) is 23.2 Å². The molecule has 0 fully saturated rings. The molecule has 0 saturated carbocycles. The van der Waals surface area contributed by atoms with Crippen LogP contribution in [0.5, 0.6) is 0 Å². The Morgan fingerprint density at radius 2 is 1.56 bits per heavy atom. The average Bonchev–Trinajstić information content (AvgIpc) is 2.49. The van der Waals surface area contributed by atoms with E-state index in [0.29, 0.717) is 6.07 Å². The molecular formula is C11H4Cl2F3N5O4.